The number of rotatable bonds is 9. The number of nitrogens with zero attached hydrogens (tertiary/aromatic N) is 2. The Labute approximate surface area is 221 Å². The van der Waals surface area contributed by atoms with Gasteiger partial charge in [-0.15, -0.1) is 0 Å². The van der Waals surface area contributed by atoms with Crippen molar-refractivity contribution >= 4 is 5.91 Å². The SMILES string of the molecule is CCOc1cc([C@@H]2c3c(-c4cc(C)cc(C)c4O)n[nH]c3C(=O)N2CCO)ccc1OCc1ccccc1. The highest BCUT2D eigenvalue weighted by molar-refractivity contribution is 6.00. The zero-order chi connectivity index (χ0) is 26.8. The van der Waals surface area contributed by atoms with Gasteiger partial charge in [-0.2, -0.15) is 5.10 Å². The number of benzene rings is 3. The number of aliphatic hydroxyl groups excluding tert-OH is 1. The van der Waals surface area contributed by atoms with Gasteiger partial charge in [0, 0.05) is 17.7 Å². The highest BCUT2D eigenvalue weighted by atomic mass is 16.5. The molecule has 1 atom stereocenters. The van der Waals surface area contributed by atoms with Gasteiger partial charge in [-0.25, -0.2) is 0 Å². The Bertz CT molecular complexity index is 1460. The van der Waals surface area contributed by atoms with Gasteiger partial charge in [0.25, 0.3) is 5.91 Å². The molecule has 5 rings (SSSR count). The number of hydrogen-bond donors (Lipinski definition) is 3. The van der Waals surface area contributed by atoms with Crippen LogP contribution in [0.15, 0.2) is 60.7 Å². The van der Waals surface area contributed by atoms with E-state index in [0.717, 1.165) is 22.3 Å². The molecule has 8 heteroatoms. The van der Waals surface area contributed by atoms with E-state index in [9.17, 15) is 15.0 Å². The minimum atomic E-state index is -0.541. The highest BCUT2D eigenvalue weighted by Crippen LogP contribution is 2.46. The van der Waals surface area contributed by atoms with Crippen LogP contribution in [0.1, 0.15) is 51.3 Å². The monoisotopic (exact) mass is 513 g/mol. The van der Waals surface area contributed by atoms with Crippen LogP contribution in [0.5, 0.6) is 17.2 Å². The normalized spacial score (nSPS) is 14.6. The smallest absolute Gasteiger partial charge is 0.273 e. The van der Waals surface area contributed by atoms with Crippen molar-refractivity contribution < 1.29 is 24.5 Å². The first-order valence-electron chi connectivity index (χ1n) is 12.7. The van der Waals surface area contributed by atoms with Crippen LogP contribution in [0, 0.1) is 13.8 Å². The molecular weight excluding hydrogens is 482 g/mol. The summed E-state index contributed by atoms with van der Waals surface area (Å²) in [6, 6.07) is 18.7. The molecule has 4 aromatic rings. The number of β-amino-alcohol motifs (C(OH)–C–C–N with tert-alkyl or cyclic N) is 1. The summed E-state index contributed by atoms with van der Waals surface area (Å²) in [6.45, 7) is 6.46. The summed E-state index contributed by atoms with van der Waals surface area (Å²) in [5.41, 5.74) is 5.58. The lowest BCUT2D eigenvalue weighted by atomic mass is 9.94. The quantitative estimate of drug-likeness (QED) is 0.293. The van der Waals surface area contributed by atoms with Gasteiger partial charge in [-0.05, 0) is 61.2 Å². The van der Waals surface area contributed by atoms with Crippen LogP contribution in [0.25, 0.3) is 11.3 Å². The van der Waals surface area contributed by atoms with Crippen molar-refractivity contribution in [3.05, 3.63) is 94.2 Å². The summed E-state index contributed by atoms with van der Waals surface area (Å²) in [6.07, 6.45) is 0. The lowest BCUT2D eigenvalue weighted by Gasteiger charge is -2.26. The predicted molar refractivity (Wildman–Crippen MR) is 144 cm³/mol. The highest BCUT2D eigenvalue weighted by Gasteiger charge is 2.42. The summed E-state index contributed by atoms with van der Waals surface area (Å²) >= 11 is 0. The molecule has 196 valence electrons. The standard InChI is InChI=1S/C30H31N3O5/c1-4-37-24-16-21(10-11-23(24)38-17-20-8-6-5-7-9-20)28-25-26(22-15-18(2)14-19(3)29(22)35)31-32-27(25)30(36)33(28)12-13-34/h5-11,14-16,28,34-35H,4,12-13,17H2,1-3H3,(H,31,32)/t28-/m1/s1. The molecule has 0 radical (unpaired) electrons. The number of aryl methyl sites for hydroxylation is 2. The molecule has 3 aromatic carbocycles. The number of phenols is 1. The third kappa shape index (κ3) is 4.59. The molecule has 1 amide bonds. The fourth-order valence-corrected chi connectivity index (χ4v) is 5.04. The van der Waals surface area contributed by atoms with E-state index in [1.54, 1.807) is 4.90 Å². The van der Waals surface area contributed by atoms with Gasteiger partial charge in [-0.3, -0.25) is 9.89 Å². The Morgan fingerprint density at radius 2 is 1.82 bits per heavy atom. The number of aliphatic hydroxyl groups is 1. The van der Waals surface area contributed by atoms with Gasteiger partial charge in [0.2, 0.25) is 0 Å². The van der Waals surface area contributed by atoms with E-state index >= 15 is 0 Å². The molecule has 0 aliphatic carbocycles. The number of aromatic amines is 1. The van der Waals surface area contributed by atoms with Crippen LogP contribution in [0.2, 0.25) is 0 Å². The zero-order valence-electron chi connectivity index (χ0n) is 21.7. The van der Waals surface area contributed by atoms with E-state index in [1.807, 2.05) is 81.4 Å². The first-order chi connectivity index (χ1) is 18.4. The fourth-order valence-electron chi connectivity index (χ4n) is 5.04. The summed E-state index contributed by atoms with van der Waals surface area (Å²) < 4.78 is 12.0. The second-order valence-electron chi connectivity index (χ2n) is 9.38. The Kier molecular flexibility index (Phi) is 7.07. The number of amides is 1. The molecule has 0 bridgehead atoms. The number of hydrogen-bond acceptors (Lipinski definition) is 6. The maximum absolute atomic E-state index is 13.4. The van der Waals surface area contributed by atoms with Gasteiger partial charge in [0.15, 0.2) is 11.5 Å². The molecule has 3 N–H and O–H groups in total. The second-order valence-corrected chi connectivity index (χ2v) is 9.38. The predicted octanol–water partition coefficient (Wildman–Crippen LogP) is 4.91. The van der Waals surface area contributed by atoms with Crippen molar-refractivity contribution in [1.82, 2.24) is 15.1 Å². The average molecular weight is 514 g/mol. The number of carbonyl (C=O) groups excluding carboxylic acids is 1. The molecule has 0 unspecified atom stereocenters. The van der Waals surface area contributed by atoms with Crippen LogP contribution in [-0.2, 0) is 6.61 Å². The van der Waals surface area contributed by atoms with E-state index < -0.39 is 6.04 Å². The fraction of sp³-hybridized carbons (Fsp3) is 0.267. The number of H-pyrrole nitrogens is 1. The van der Waals surface area contributed by atoms with Crippen LogP contribution >= 0.6 is 0 Å². The number of aromatic nitrogens is 2. The van der Waals surface area contributed by atoms with E-state index in [2.05, 4.69) is 10.2 Å². The van der Waals surface area contributed by atoms with E-state index in [-0.39, 0.29) is 24.8 Å². The molecule has 8 nitrogen and oxygen atoms in total. The van der Waals surface area contributed by atoms with Crippen LogP contribution in [-0.4, -0.2) is 51.0 Å². The second kappa shape index (κ2) is 10.6. The third-order valence-corrected chi connectivity index (χ3v) is 6.73. The number of fused-ring (bicyclic) bond motifs is 1. The van der Waals surface area contributed by atoms with E-state index in [0.29, 0.717) is 47.2 Å². The van der Waals surface area contributed by atoms with Crippen molar-refractivity contribution in [2.75, 3.05) is 19.8 Å². The number of carbonyl (C=O) groups is 1. The molecule has 0 saturated heterocycles. The van der Waals surface area contributed by atoms with Gasteiger partial charge in [0.05, 0.1) is 19.3 Å². The van der Waals surface area contributed by atoms with Crippen LogP contribution < -0.4 is 9.47 Å². The molecule has 1 aliphatic heterocycles. The van der Waals surface area contributed by atoms with Crippen molar-refractivity contribution in [3.63, 3.8) is 0 Å². The number of aromatic hydroxyl groups is 1. The average Bonchev–Trinajstić information content (AvgIpc) is 3.45. The Morgan fingerprint density at radius 1 is 1.03 bits per heavy atom. The number of phenolic OH excluding ortho intramolecular Hbond substituents is 1. The Balaban J connectivity index is 1.59. The van der Waals surface area contributed by atoms with Gasteiger partial charge < -0.3 is 24.6 Å². The first-order valence-corrected chi connectivity index (χ1v) is 12.7. The summed E-state index contributed by atoms with van der Waals surface area (Å²) in [5, 5.41) is 28.0. The van der Waals surface area contributed by atoms with Crippen LogP contribution in [0.4, 0.5) is 0 Å². The van der Waals surface area contributed by atoms with Crippen molar-refractivity contribution in [1.29, 1.82) is 0 Å². The molecule has 0 spiro atoms. The van der Waals surface area contributed by atoms with Gasteiger partial charge >= 0.3 is 0 Å². The molecule has 0 fully saturated rings. The Morgan fingerprint density at radius 3 is 2.55 bits per heavy atom. The number of ether oxygens (including phenoxy) is 2. The molecule has 1 aromatic heterocycles. The molecule has 2 heterocycles. The van der Waals surface area contributed by atoms with Crippen molar-refractivity contribution in [3.8, 4) is 28.5 Å². The summed E-state index contributed by atoms with van der Waals surface area (Å²) in [7, 11) is 0. The molecular formula is C30H31N3O5. The minimum Gasteiger partial charge on any atom is -0.507 e. The molecule has 0 saturated carbocycles. The van der Waals surface area contributed by atoms with Crippen LogP contribution in [0.3, 0.4) is 0 Å². The van der Waals surface area contributed by atoms with Crippen molar-refractivity contribution in [2.45, 2.75) is 33.4 Å². The van der Waals surface area contributed by atoms with E-state index in [4.69, 9.17) is 9.47 Å². The third-order valence-electron chi connectivity index (χ3n) is 6.73. The van der Waals surface area contributed by atoms with Gasteiger partial charge in [0.1, 0.15) is 23.7 Å². The molecule has 38 heavy (non-hydrogen) atoms. The minimum absolute atomic E-state index is 0.122. The largest absolute Gasteiger partial charge is 0.507 e. The lowest BCUT2D eigenvalue weighted by molar-refractivity contribution is 0.0706. The summed E-state index contributed by atoms with van der Waals surface area (Å²) in [4.78, 5) is 15.0. The molecule has 1 aliphatic rings. The van der Waals surface area contributed by atoms with Crippen molar-refractivity contribution in [2.24, 2.45) is 0 Å². The maximum Gasteiger partial charge on any atom is 0.273 e. The summed E-state index contributed by atoms with van der Waals surface area (Å²) in [5.74, 6) is 1.02. The zero-order valence-corrected chi connectivity index (χ0v) is 21.7. The maximum atomic E-state index is 13.4. The topological polar surface area (TPSA) is 108 Å². The Hall–Kier alpha value is -4.30. The van der Waals surface area contributed by atoms with Gasteiger partial charge in [-0.1, -0.05) is 42.5 Å². The lowest BCUT2D eigenvalue weighted by Crippen LogP contribution is -2.32. The van der Waals surface area contributed by atoms with E-state index in [1.165, 1.54) is 0 Å². The first kappa shape index (κ1) is 25.4. The number of nitrogens with one attached hydrogen (secondary N) is 1.